The Bertz CT molecular complexity index is 601. The standard InChI is InChI=1S/C14H20N4O/c1-9(2)15-14(19)5-6-18-13-8-11(4)10(3)7-12(13)16-17-18/h7-9H,5-6H2,1-4H3,(H,15,19). The van der Waals surface area contributed by atoms with Gasteiger partial charge in [-0.2, -0.15) is 0 Å². The van der Waals surface area contributed by atoms with Gasteiger partial charge in [0.2, 0.25) is 5.91 Å². The Kier molecular flexibility index (Phi) is 3.83. The Morgan fingerprint density at radius 1 is 1.32 bits per heavy atom. The van der Waals surface area contributed by atoms with Gasteiger partial charge in [-0.1, -0.05) is 5.21 Å². The number of hydrogen-bond donors (Lipinski definition) is 1. The monoisotopic (exact) mass is 260 g/mol. The molecule has 0 atom stereocenters. The topological polar surface area (TPSA) is 59.8 Å². The zero-order valence-corrected chi connectivity index (χ0v) is 11.9. The van der Waals surface area contributed by atoms with Crippen molar-refractivity contribution in [3.63, 3.8) is 0 Å². The minimum absolute atomic E-state index is 0.0440. The van der Waals surface area contributed by atoms with Crippen LogP contribution in [0.3, 0.4) is 0 Å². The Morgan fingerprint density at radius 2 is 2.00 bits per heavy atom. The molecule has 2 aromatic rings. The molecular weight excluding hydrogens is 240 g/mol. The SMILES string of the molecule is Cc1cc2nnn(CCC(=O)NC(C)C)c2cc1C. The molecular formula is C14H20N4O. The van der Waals surface area contributed by atoms with Gasteiger partial charge in [0.05, 0.1) is 12.1 Å². The summed E-state index contributed by atoms with van der Waals surface area (Å²) < 4.78 is 1.79. The van der Waals surface area contributed by atoms with Crippen LogP contribution in [0.15, 0.2) is 12.1 Å². The molecule has 0 saturated carbocycles. The molecule has 1 amide bonds. The van der Waals surface area contributed by atoms with E-state index >= 15 is 0 Å². The minimum atomic E-state index is 0.0440. The van der Waals surface area contributed by atoms with Gasteiger partial charge in [0.1, 0.15) is 5.52 Å². The van der Waals surface area contributed by atoms with Gasteiger partial charge < -0.3 is 5.32 Å². The Labute approximate surface area is 113 Å². The van der Waals surface area contributed by atoms with Crippen molar-refractivity contribution in [1.82, 2.24) is 20.3 Å². The third-order valence-electron chi connectivity index (χ3n) is 3.13. The first-order valence-electron chi connectivity index (χ1n) is 6.57. The van der Waals surface area contributed by atoms with E-state index in [9.17, 15) is 4.79 Å². The summed E-state index contributed by atoms with van der Waals surface area (Å²) in [5.41, 5.74) is 4.28. The number of rotatable bonds is 4. The molecule has 19 heavy (non-hydrogen) atoms. The van der Waals surface area contributed by atoms with Gasteiger partial charge in [-0.05, 0) is 51.0 Å². The van der Waals surface area contributed by atoms with E-state index in [2.05, 4.69) is 35.5 Å². The second-order valence-corrected chi connectivity index (χ2v) is 5.21. The summed E-state index contributed by atoms with van der Waals surface area (Å²) in [6.45, 7) is 8.59. The van der Waals surface area contributed by atoms with Crippen LogP contribution in [-0.4, -0.2) is 26.9 Å². The van der Waals surface area contributed by atoms with Gasteiger partial charge >= 0.3 is 0 Å². The predicted molar refractivity (Wildman–Crippen MR) is 74.9 cm³/mol. The number of carbonyl (C=O) groups excluding carboxylic acids is 1. The zero-order chi connectivity index (χ0) is 14.0. The smallest absolute Gasteiger partial charge is 0.222 e. The molecule has 0 unspecified atom stereocenters. The average molecular weight is 260 g/mol. The van der Waals surface area contributed by atoms with E-state index in [0.29, 0.717) is 13.0 Å². The molecule has 5 heteroatoms. The van der Waals surface area contributed by atoms with Gasteiger partial charge in [0.25, 0.3) is 0 Å². The molecule has 0 bridgehead atoms. The van der Waals surface area contributed by atoms with Crippen LogP contribution in [-0.2, 0) is 11.3 Å². The maximum Gasteiger partial charge on any atom is 0.222 e. The summed E-state index contributed by atoms with van der Waals surface area (Å²) in [5, 5.41) is 11.1. The molecule has 2 rings (SSSR count). The summed E-state index contributed by atoms with van der Waals surface area (Å²) >= 11 is 0. The molecule has 5 nitrogen and oxygen atoms in total. The van der Waals surface area contributed by atoms with E-state index in [1.807, 2.05) is 19.9 Å². The number of hydrogen-bond acceptors (Lipinski definition) is 3. The molecule has 1 aromatic heterocycles. The lowest BCUT2D eigenvalue weighted by molar-refractivity contribution is -0.121. The Morgan fingerprint density at radius 3 is 2.68 bits per heavy atom. The number of carbonyl (C=O) groups is 1. The lowest BCUT2D eigenvalue weighted by Gasteiger charge is -2.08. The van der Waals surface area contributed by atoms with Crippen molar-refractivity contribution in [3.05, 3.63) is 23.3 Å². The predicted octanol–water partition coefficient (Wildman–Crippen LogP) is 1.96. The number of benzene rings is 1. The lowest BCUT2D eigenvalue weighted by Crippen LogP contribution is -2.30. The Hall–Kier alpha value is -1.91. The van der Waals surface area contributed by atoms with Crippen LogP contribution < -0.4 is 5.32 Å². The lowest BCUT2D eigenvalue weighted by atomic mass is 10.1. The third-order valence-corrected chi connectivity index (χ3v) is 3.13. The highest BCUT2D eigenvalue weighted by atomic mass is 16.1. The van der Waals surface area contributed by atoms with E-state index in [4.69, 9.17) is 0 Å². The van der Waals surface area contributed by atoms with Crippen LogP contribution in [0.2, 0.25) is 0 Å². The first kappa shape index (κ1) is 13.5. The molecule has 0 spiro atoms. The molecule has 0 fully saturated rings. The van der Waals surface area contributed by atoms with Crippen LogP contribution in [0.4, 0.5) is 0 Å². The second kappa shape index (κ2) is 5.38. The summed E-state index contributed by atoms with van der Waals surface area (Å²) in [6, 6.07) is 4.28. The molecule has 0 aliphatic carbocycles. The Balaban J connectivity index is 2.13. The molecule has 0 saturated heterocycles. The van der Waals surface area contributed by atoms with Crippen molar-refractivity contribution in [1.29, 1.82) is 0 Å². The van der Waals surface area contributed by atoms with Gasteiger partial charge in [-0.15, -0.1) is 5.10 Å². The molecule has 0 aliphatic heterocycles. The largest absolute Gasteiger partial charge is 0.354 e. The van der Waals surface area contributed by atoms with Crippen molar-refractivity contribution in [3.8, 4) is 0 Å². The number of amides is 1. The van der Waals surface area contributed by atoms with E-state index in [-0.39, 0.29) is 11.9 Å². The number of nitrogens with zero attached hydrogens (tertiary/aromatic N) is 3. The maximum atomic E-state index is 11.6. The summed E-state index contributed by atoms with van der Waals surface area (Å²) in [5.74, 6) is 0.0440. The fraction of sp³-hybridized carbons (Fsp3) is 0.500. The third kappa shape index (κ3) is 3.10. The highest BCUT2D eigenvalue weighted by molar-refractivity contribution is 5.78. The quantitative estimate of drug-likeness (QED) is 0.914. The number of aryl methyl sites for hydroxylation is 3. The molecule has 0 aliphatic rings. The zero-order valence-electron chi connectivity index (χ0n) is 11.9. The van der Waals surface area contributed by atoms with Crippen LogP contribution in [0.1, 0.15) is 31.4 Å². The average Bonchev–Trinajstić information content (AvgIpc) is 2.69. The van der Waals surface area contributed by atoms with Crippen molar-refractivity contribution in [2.24, 2.45) is 0 Å². The summed E-state index contributed by atoms with van der Waals surface area (Å²) in [7, 11) is 0. The van der Waals surface area contributed by atoms with Crippen LogP contribution in [0.25, 0.3) is 11.0 Å². The van der Waals surface area contributed by atoms with Crippen LogP contribution >= 0.6 is 0 Å². The van der Waals surface area contributed by atoms with Gasteiger partial charge in [0, 0.05) is 12.5 Å². The molecule has 102 valence electrons. The molecule has 1 N–H and O–H groups in total. The second-order valence-electron chi connectivity index (χ2n) is 5.21. The summed E-state index contributed by atoms with van der Waals surface area (Å²) in [4.78, 5) is 11.6. The first-order chi connectivity index (χ1) is 8.97. The van der Waals surface area contributed by atoms with E-state index in [0.717, 1.165) is 11.0 Å². The maximum absolute atomic E-state index is 11.6. The molecule has 0 radical (unpaired) electrons. The normalized spacial score (nSPS) is 11.2. The van der Waals surface area contributed by atoms with E-state index in [1.54, 1.807) is 4.68 Å². The van der Waals surface area contributed by atoms with Gasteiger partial charge in [0.15, 0.2) is 0 Å². The summed E-state index contributed by atoms with van der Waals surface area (Å²) in [6.07, 6.45) is 0.420. The minimum Gasteiger partial charge on any atom is -0.354 e. The van der Waals surface area contributed by atoms with Crippen molar-refractivity contribution in [2.45, 2.75) is 46.7 Å². The van der Waals surface area contributed by atoms with E-state index in [1.165, 1.54) is 11.1 Å². The van der Waals surface area contributed by atoms with Crippen molar-refractivity contribution < 1.29 is 4.79 Å². The number of fused-ring (bicyclic) bond motifs is 1. The fourth-order valence-corrected chi connectivity index (χ4v) is 1.99. The van der Waals surface area contributed by atoms with Crippen molar-refractivity contribution >= 4 is 16.9 Å². The van der Waals surface area contributed by atoms with Gasteiger partial charge in [-0.25, -0.2) is 4.68 Å². The first-order valence-corrected chi connectivity index (χ1v) is 6.57. The molecule has 1 aromatic carbocycles. The van der Waals surface area contributed by atoms with Crippen molar-refractivity contribution in [2.75, 3.05) is 0 Å². The van der Waals surface area contributed by atoms with E-state index < -0.39 is 0 Å². The van der Waals surface area contributed by atoms with Crippen LogP contribution in [0.5, 0.6) is 0 Å². The highest BCUT2D eigenvalue weighted by Gasteiger charge is 2.09. The number of aromatic nitrogens is 3. The van der Waals surface area contributed by atoms with Gasteiger partial charge in [-0.3, -0.25) is 4.79 Å². The molecule has 1 heterocycles. The van der Waals surface area contributed by atoms with Crippen LogP contribution in [0, 0.1) is 13.8 Å². The highest BCUT2D eigenvalue weighted by Crippen LogP contribution is 2.17. The fourth-order valence-electron chi connectivity index (χ4n) is 1.99. The number of nitrogens with one attached hydrogen (secondary N) is 1.